The third kappa shape index (κ3) is 1.99. The summed E-state index contributed by atoms with van der Waals surface area (Å²) in [7, 11) is 1.86. The van der Waals surface area contributed by atoms with Gasteiger partial charge in [0.1, 0.15) is 0 Å². The Hall–Kier alpha value is -2.56. The van der Waals surface area contributed by atoms with Gasteiger partial charge in [-0.2, -0.15) is 5.10 Å². The molecule has 0 fully saturated rings. The standard InChI is InChI=1S/C14H13N3O2/c1-16-7-6-11(15-16)9-17-8-5-10-3-2-4-12(13(10)17)14(18)19/h2-8H,9H2,1H3,(H,18,19). The fourth-order valence-electron chi connectivity index (χ4n) is 2.29. The Kier molecular flexibility index (Phi) is 2.59. The molecular weight excluding hydrogens is 242 g/mol. The number of aromatic nitrogens is 3. The molecule has 0 aliphatic rings. The Bertz CT molecular complexity index is 755. The molecule has 0 aliphatic heterocycles. The number of benzene rings is 1. The highest BCUT2D eigenvalue weighted by Gasteiger charge is 2.12. The third-order valence-electron chi connectivity index (χ3n) is 3.12. The molecular formula is C14H13N3O2. The first-order valence-electron chi connectivity index (χ1n) is 5.95. The van der Waals surface area contributed by atoms with E-state index in [0.717, 1.165) is 16.6 Å². The summed E-state index contributed by atoms with van der Waals surface area (Å²) in [6, 6.07) is 9.15. The number of fused-ring (bicyclic) bond motifs is 1. The molecule has 96 valence electrons. The Morgan fingerprint density at radius 2 is 2.11 bits per heavy atom. The summed E-state index contributed by atoms with van der Waals surface area (Å²) in [5.74, 6) is -0.911. The van der Waals surface area contributed by atoms with E-state index in [-0.39, 0.29) is 0 Å². The van der Waals surface area contributed by atoms with Gasteiger partial charge < -0.3 is 9.67 Å². The van der Waals surface area contributed by atoms with Crippen molar-refractivity contribution in [2.75, 3.05) is 0 Å². The molecule has 3 aromatic rings. The van der Waals surface area contributed by atoms with Crippen molar-refractivity contribution in [2.24, 2.45) is 7.05 Å². The predicted octanol–water partition coefficient (Wildman–Crippen LogP) is 2.12. The fourth-order valence-corrected chi connectivity index (χ4v) is 2.29. The summed E-state index contributed by atoms with van der Waals surface area (Å²) in [5, 5.41) is 14.5. The number of aryl methyl sites for hydroxylation is 1. The quantitative estimate of drug-likeness (QED) is 0.779. The number of carbonyl (C=O) groups is 1. The summed E-state index contributed by atoms with van der Waals surface area (Å²) in [6.07, 6.45) is 3.77. The molecule has 1 aromatic carbocycles. The van der Waals surface area contributed by atoms with Gasteiger partial charge in [0.2, 0.25) is 0 Å². The maximum Gasteiger partial charge on any atom is 0.337 e. The van der Waals surface area contributed by atoms with E-state index in [1.807, 2.05) is 42.2 Å². The topological polar surface area (TPSA) is 60.0 Å². The lowest BCUT2D eigenvalue weighted by atomic mass is 10.1. The maximum atomic E-state index is 11.3. The van der Waals surface area contributed by atoms with Crippen molar-refractivity contribution in [3.8, 4) is 0 Å². The normalized spacial score (nSPS) is 11.0. The second kappa shape index (κ2) is 4.28. The first-order valence-corrected chi connectivity index (χ1v) is 5.95. The van der Waals surface area contributed by atoms with Crippen molar-refractivity contribution >= 4 is 16.9 Å². The highest BCUT2D eigenvalue weighted by Crippen LogP contribution is 2.21. The van der Waals surface area contributed by atoms with Gasteiger partial charge in [-0.05, 0) is 18.2 Å². The number of nitrogens with zero attached hydrogens (tertiary/aromatic N) is 3. The van der Waals surface area contributed by atoms with Gasteiger partial charge in [0.05, 0.1) is 23.3 Å². The second-order valence-electron chi connectivity index (χ2n) is 4.47. The Morgan fingerprint density at radius 3 is 2.79 bits per heavy atom. The summed E-state index contributed by atoms with van der Waals surface area (Å²) >= 11 is 0. The minimum atomic E-state index is -0.911. The molecule has 0 aliphatic carbocycles. The van der Waals surface area contributed by atoms with E-state index in [2.05, 4.69) is 5.10 Å². The maximum absolute atomic E-state index is 11.3. The first kappa shape index (κ1) is 11.5. The SMILES string of the molecule is Cn1ccc(Cn2ccc3cccc(C(=O)O)c32)n1. The predicted molar refractivity (Wildman–Crippen MR) is 71.2 cm³/mol. The number of carboxylic acid groups (broad SMARTS) is 1. The summed E-state index contributed by atoms with van der Waals surface area (Å²) in [6.45, 7) is 0.564. The molecule has 2 aromatic heterocycles. The number of rotatable bonds is 3. The molecule has 1 N–H and O–H groups in total. The fraction of sp³-hybridized carbons (Fsp3) is 0.143. The number of aromatic carboxylic acids is 1. The molecule has 0 saturated heterocycles. The van der Waals surface area contributed by atoms with Gasteiger partial charge in [-0.1, -0.05) is 12.1 Å². The average Bonchev–Trinajstić information content (AvgIpc) is 2.97. The molecule has 19 heavy (non-hydrogen) atoms. The van der Waals surface area contributed by atoms with Crippen LogP contribution in [0.3, 0.4) is 0 Å². The molecule has 0 bridgehead atoms. The van der Waals surface area contributed by atoms with Gasteiger partial charge in [0.25, 0.3) is 0 Å². The zero-order valence-corrected chi connectivity index (χ0v) is 10.4. The van der Waals surface area contributed by atoms with E-state index in [4.69, 9.17) is 0 Å². The monoisotopic (exact) mass is 255 g/mol. The van der Waals surface area contributed by atoms with Crippen molar-refractivity contribution in [2.45, 2.75) is 6.54 Å². The average molecular weight is 255 g/mol. The van der Waals surface area contributed by atoms with Crippen molar-refractivity contribution < 1.29 is 9.90 Å². The van der Waals surface area contributed by atoms with Gasteiger partial charge in [-0.25, -0.2) is 4.79 Å². The van der Waals surface area contributed by atoms with E-state index in [0.29, 0.717) is 12.1 Å². The number of carboxylic acids is 1. The zero-order valence-electron chi connectivity index (χ0n) is 10.4. The van der Waals surface area contributed by atoms with Crippen LogP contribution < -0.4 is 0 Å². The third-order valence-corrected chi connectivity index (χ3v) is 3.12. The van der Waals surface area contributed by atoms with Crippen molar-refractivity contribution in [1.29, 1.82) is 0 Å². The molecule has 3 rings (SSSR count). The number of para-hydroxylation sites is 1. The number of hydrogen-bond acceptors (Lipinski definition) is 2. The van der Waals surface area contributed by atoms with Crippen LogP contribution in [0, 0.1) is 0 Å². The zero-order chi connectivity index (χ0) is 13.4. The van der Waals surface area contributed by atoms with Crippen LogP contribution in [0.15, 0.2) is 42.7 Å². The summed E-state index contributed by atoms with van der Waals surface area (Å²) in [4.78, 5) is 11.3. The summed E-state index contributed by atoms with van der Waals surface area (Å²) < 4.78 is 3.65. The van der Waals surface area contributed by atoms with Crippen molar-refractivity contribution in [1.82, 2.24) is 14.3 Å². The minimum Gasteiger partial charge on any atom is -0.478 e. The van der Waals surface area contributed by atoms with Crippen LogP contribution in [0.25, 0.3) is 10.9 Å². The van der Waals surface area contributed by atoms with Gasteiger partial charge in [0, 0.05) is 24.8 Å². The van der Waals surface area contributed by atoms with Gasteiger partial charge in [0.15, 0.2) is 0 Å². The molecule has 0 unspecified atom stereocenters. The van der Waals surface area contributed by atoms with E-state index in [1.54, 1.807) is 16.8 Å². The minimum absolute atomic E-state index is 0.318. The Morgan fingerprint density at radius 1 is 1.26 bits per heavy atom. The van der Waals surface area contributed by atoms with Crippen LogP contribution in [0.1, 0.15) is 16.1 Å². The highest BCUT2D eigenvalue weighted by atomic mass is 16.4. The number of hydrogen-bond donors (Lipinski definition) is 1. The van der Waals surface area contributed by atoms with Crippen LogP contribution in [0.2, 0.25) is 0 Å². The molecule has 0 saturated carbocycles. The molecule has 0 radical (unpaired) electrons. The lowest BCUT2D eigenvalue weighted by Crippen LogP contribution is -2.04. The van der Waals surface area contributed by atoms with E-state index >= 15 is 0 Å². The van der Waals surface area contributed by atoms with Crippen molar-refractivity contribution in [3.05, 3.63) is 54.0 Å². The van der Waals surface area contributed by atoms with Crippen LogP contribution in [-0.2, 0) is 13.6 Å². The Labute approximate surface area is 109 Å². The Balaban J connectivity index is 2.11. The van der Waals surface area contributed by atoms with Crippen LogP contribution in [0.5, 0.6) is 0 Å². The molecule has 0 spiro atoms. The van der Waals surface area contributed by atoms with Crippen LogP contribution in [0.4, 0.5) is 0 Å². The van der Waals surface area contributed by atoms with E-state index < -0.39 is 5.97 Å². The van der Waals surface area contributed by atoms with Gasteiger partial charge >= 0.3 is 5.97 Å². The van der Waals surface area contributed by atoms with Gasteiger partial charge in [-0.15, -0.1) is 0 Å². The van der Waals surface area contributed by atoms with E-state index in [9.17, 15) is 9.90 Å². The van der Waals surface area contributed by atoms with E-state index in [1.165, 1.54) is 0 Å². The molecule has 5 heteroatoms. The smallest absolute Gasteiger partial charge is 0.337 e. The van der Waals surface area contributed by atoms with Crippen LogP contribution >= 0.6 is 0 Å². The van der Waals surface area contributed by atoms with Crippen molar-refractivity contribution in [3.63, 3.8) is 0 Å². The van der Waals surface area contributed by atoms with Gasteiger partial charge in [-0.3, -0.25) is 4.68 Å². The molecule has 0 amide bonds. The molecule has 2 heterocycles. The second-order valence-corrected chi connectivity index (χ2v) is 4.47. The molecule has 0 atom stereocenters. The lowest BCUT2D eigenvalue weighted by Gasteiger charge is -2.05. The molecule has 5 nitrogen and oxygen atoms in total. The lowest BCUT2D eigenvalue weighted by molar-refractivity contribution is 0.0698. The highest BCUT2D eigenvalue weighted by molar-refractivity contribution is 6.02. The largest absolute Gasteiger partial charge is 0.478 e. The summed E-state index contributed by atoms with van der Waals surface area (Å²) in [5.41, 5.74) is 1.96. The van der Waals surface area contributed by atoms with Crippen LogP contribution in [-0.4, -0.2) is 25.4 Å². The first-order chi connectivity index (χ1) is 9.15.